The molecule has 2 aliphatic rings. The van der Waals surface area contributed by atoms with Crippen LogP contribution in [0, 0.1) is 0 Å². The minimum atomic E-state index is 0.290. The molecule has 1 spiro atoms. The fourth-order valence-electron chi connectivity index (χ4n) is 3.44. The van der Waals surface area contributed by atoms with Gasteiger partial charge in [-0.15, -0.1) is 0 Å². The van der Waals surface area contributed by atoms with Crippen LogP contribution in [0.4, 0.5) is 5.69 Å². The van der Waals surface area contributed by atoms with Crippen molar-refractivity contribution in [3.05, 3.63) is 28.2 Å². The number of anilines is 1. The highest BCUT2D eigenvalue weighted by atomic mass is 35.5. The van der Waals surface area contributed by atoms with Gasteiger partial charge in [0.05, 0.1) is 15.7 Å². The summed E-state index contributed by atoms with van der Waals surface area (Å²) in [5.74, 6) is 0. The van der Waals surface area contributed by atoms with Crippen LogP contribution in [0.25, 0.3) is 0 Å². The SMILES string of the molecule is CC1CNC2(CCCC2)CN1c1cccc(Cl)c1Cl. The Hall–Kier alpha value is -0.440. The lowest BCUT2D eigenvalue weighted by atomic mass is 9.92. The summed E-state index contributed by atoms with van der Waals surface area (Å²) in [6, 6.07) is 6.37. The van der Waals surface area contributed by atoms with Crippen LogP contribution in [-0.4, -0.2) is 24.7 Å². The number of hydrogen-bond acceptors (Lipinski definition) is 2. The van der Waals surface area contributed by atoms with Crippen LogP contribution < -0.4 is 10.2 Å². The maximum atomic E-state index is 6.39. The predicted molar refractivity (Wildman–Crippen MR) is 82.5 cm³/mol. The molecule has 1 saturated carbocycles. The van der Waals surface area contributed by atoms with E-state index in [9.17, 15) is 0 Å². The molecule has 1 aromatic rings. The van der Waals surface area contributed by atoms with Crippen molar-refractivity contribution in [3.8, 4) is 0 Å². The third-order valence-corrected chi connectivity index (χ3v) is 5.39. The molecule has 2 fully saturated rings. The van der Waals surface area contributed by atoms with E-state index >= 15 is 0 Å². The van der Waals surface area contributed by atoms with Gasteiger partial charge in [0.15, 0.2) is 0 Å². The van der Waals surface area contributed by atoms with Crippen LogP contribution in [0.5, 0.6) is 0 Å². The first-order valence-corrected chi connectivity index (χ1v) is 7.83. The van der Waals surface area contributed by atoms with Crippen LogP contribution in [0.15, 0.2) is 18.2 Å². The lowest BCUT2D eigenvalue weighted by molar-refractivity contribution is 0.276. The molecule has 1 aromatic carbocycles. The Morgan fingerprint density at radius 1 is 1.26 bits per heavy atom. The molecule has 104 valence electrons. The molecule has 1 atom stereocenters. The number of piperazine rings is 1. The molecule has 1 aliphatic carbocycles. The highest BCUT2D eigenvalue weighted by molar-refractivity contribution is 6.43. The van der Waals surface area contributed by atoms with Crippen molar-refractivity contribution >= 4 is 28.9 Å². The van der Waals surface area contributed by atoms with Crippen LogP contribution in [0.3, 0.4) is 0 Å². The summed E-state index contributed by atoms with van der Waals surface area (Å²) in [5, 5.41) is 5.09. The average Bonchev–Trinajstić information content (AvgIpc) is 2.85. The Morgan fingerprint density at radius 2 is 2.00 bits per heavy atom. The van der Waals surface area contributed by atoms with E-state index in [0.717, 1.165) is 18.8 Å². The van der Waals surface area contributed by atoms with E-state index in [1.807, 2.05) is 12.1 Å². The smallest absolute Gasteiger partial charge is 0.0825 e. The molecule has 1 heterocycles. The summed E-state index contributed by atoms with van der Waals surface area (Å²) < 4.78 is 0. The van der Waals surface area contributed by atoms with Gasteiger partial charge in [0, 0.05) is 24.7 Å². The number of hydrogen-bond donors (Lipinski definition) is 1. The minimum absolute atomic E-state index is 0.290. The van der Waals surface area contributed by atoms with Gasteiger partial charge in [0.1, 0.15) is 0 Å². The standard InChI is InChI=1S/C15H20Cl2N2/c1-11-9-18-15(7-2-3-8-15)10-19(11)13-6-4-5-12(16)14(13)17/h4-6,11,18H,2-3,7-10H2,1H3. The molecule has 1 saturated heterocycles. The Bertz CT molecular complexity index is 469. The molecule has 4 heteroatoms. The summed E-state index contributed by atoms with van der Waals surface area (Å²) in [6.45, 7) is 4.29. The number of benzene rings is 1. The molecule has 0 radical (unpaired) electrons. The highest BCUT2D eigenvalue weighted by Gasteiger charge is 2.40. The summed E-state index contributed by atoms with van der Waals surface area (Å²) in [7, 11) is 0. The molecule has 19 heavy (non-hydrogen) atoms. The largest absolute Gasteiger partial charge is 0.364 e. The topological polar surface area (TPSA) is 15.3 Å². The summed E-state index contributed by atoms with van der Waals surface area (Å²) in [5.41, 5.74) is 1.37. The predicted octanol–water partition coefficient (Wildman–Crippen LogP) is 4.10. The third-order valence-electron chi connectivity index (χ3n) is 4.58. The van der Waals surface area contributed by atoms with E-state index < -0.39 is 0 Å². The Morgan fingerprint density at radius 3 is 2.74 bits per heavy atom. The monoisotopic (exact) mass is 298 g/mol. The van der Waals surface area contributed by atoms with E-state index in [1.165, 1.54) is 25.7 Å². The van der Waals surface area contributed by atoms with Crippen LogP contribution in [0.2, 0.25) is 10.0 Å². The Labute approximate surface area is 125 Å². The fraction of sp³-hybridized carbons (Fsp3) is 0.600. The molecule has 1 unspecified atom stereocenters. The second kappa shape index (κ2) is 5.16. The lowest BCUT2D eigenvalue weighted by Crippen LogP contribution is -2.62. The van der Waals surface area contributed by atoms with Gasteiger partial charge >= 0.3 is 0 Å². The van der Waals surface area contributed by atoms with E-state index in [-0.39, 0.29) is 5.54 Å². The quantitative estimate of drug-likeness (QED) is 0.839. The van der Waals surface area contributed by atoms with Crippen molar-refractivity contribution < 1.29 is 0 Å². The average molecular weight is 299 g/mol. The maximum absolute atomic E-state index is 6.39. The molecule has 1 N–H and O–H groups in total. The van der Waals surface area contributed by atoms with Crippen molar-refractivity contribution in [2.24, 2.45) is 0 Å². The first kappa shape index (κ1) is 13.5. The van der Waals surface area contributed by atoms with E-state index in [2.05, 4.69) is 23.2 Å². The van der Waals surface area contributed by atoms with Crippen LogP contribution in [-0.2, 0) is 0 Å². The van der Waals surface area contributed by atoms with Crippen molar-refractivity contribution in [2.75, 3.05) is 18.0 Å². The maximum Gasteiger partial charge on any atom is 0.0825 e. The first-order chi connectivity index (χ1) is 9.11. The van der Waals surface area contributed by atoms with Gasteiger partial charge in [-0.05, 0) is 31.9 Å². The number of rotatable bonds is 1. The van der Waals surface area contributed by atoms with E-state index in [0.29, 0.717) is 16.1 Å². The summed E-state index contributed by atoms with van der Waals surface area (Å²) in [4.78, 5) is 2.43. The minimum Gasteiger partial charge on any atom is -0.364 e. The lowest BCUT2D eigenvalue weighted by Gasteiger charge is -2.46. The molecule has 3 rings (SSSR count). The zero-order chi connectivity index (χ0) is 13.5. The van der Waals surface area contributed by atoms with Gasteiger partial charge in [-0.1, -0.05) is 42.1 Å². The van der Waals surface area contributed by atoms with Gasteiger partial charge in [-0.25, -0.2) is 0 Å². The first-order valence-electron chi connectivity index (χ1n) is 7.07. The van der Waals surface area contributed by atoms with Crippen LogP contribution in [0.1, 0.15) is 32.6 Å². The molecule has 0 amide bonds. The van der Waals surface area contributed by atoms with E-state index in [1.54, 1.807) is 0 Å². The van der Waals surface area contributed by atoms with Crippen molar-refractivity contribution in [1.29, 1.82) is 0 Å². The van der Waals surface area contributed by atoms with Gasteiger partial charge in [0.25, 0.3) is 0 Å². The number of nitrogens with zero attached hydrogens (tertiary/aromatic N) is 1. The number of halogens is 2. The molecule has 0 bridgehead atoms. The van der Waals surface area contributed by atoms with Gasteiger partial charge < -0.3 is 10.2 Å². The van der Waals surface area contributed by atoms with E-state index in [4.69, 9.17) is 23.2 Å². The Kier molecular flexibility index (Phi) is 3.67. The molecular formula is C15H20Cl2N2. The number of nitrogens with one attached hydrogen (secondary N) is 1. The summed E-state index contributed by atoms with van der Waals surface area (Å²) >= 11 is 12.6. The molecule has 1 aliphatic heterocycles. The summed E-state index contributed by atoms with van der Waals surface area (Å²) in [6.07, 6.45) is 5.21. The van der Waals surface area contributed by atoms with Crippen molar-refractivity contribution in [2.45, 2.75) is 44.2 Å². The van der Waals surface area contributed by atoms with Crippen molar-refractivity contribution in [1.82, 2.24) is 5.32 Å². The fourth-order valence-corrected chi connectivity index (χ4v) is 3.84. The normalized spacial score (nSPS) is 26.1. The second-order valence-corrected chi connectivity index (χ2v) is 6.70. The van der Waals surface area contributed by atoms with Crippen LogP contribution >= 0.6 is 23.2 Å². The zero-order valence-corrected chi connectivity index (χ0v) is 12.8. The third kappa shape index (κ3) is 2.46. The highest BCUT2D eigenvalue weighted by Crippen LogP contribution is 2.39. The zero-order valence-electron chi connectivity index (χ0n) is 11.3. The molecular weight excluding hydrogens is 279 g/mol. The van der Waals surface area contributed by atoms with Crippen molar-refractivity contribution in [3.63, 3.8) is 0 Å². The van der Waals surface area contributed by atoms with Gasteiger partial charge in [-0.3, -0.25) is 0 Å². The molecule has 0 aromatic heterocycles. The second-order valence-electron chi connectivity index (χ2n) is 5.92. The van der Waals surface area contributed by atoms with Gasteiger partial charge in [0.2, 0.25) is 0 Å². The molecule has 2 nitrogen and oxygen atoms in total. The van der Waals surface area contributed by atoms with Gasteiger partial charge in [-0.2, -0.15) is 0 Å². The Balaban J connectivity index is 1.91.